The van der Waals surface area contributed by atoms with Gasteiger partial charge < -0.3 is 20.7 Å². The number of hydrogen-bond acceptors (Lipinski definition) is 12. The molecule has 4 rings (SSSR count). The van der Waals surface area contributed by atoms with Crippen LogP contribution in [0.4, 0.5) is 19.0 Å². The summed E-state index contributed by atoms with van der Waals surface area (Å²) < 4.78 is 71.1. The predicted molar refractivity (Wildman–Crippen MR) is 162 cm³/mol. The Bertz CT molecular complexity index is 1520. The molecule has 18 heteroatoms. The molecule has 2 unspecified atom stereocenters. The standard InChI is InChI=1S/C28H37F3N5O8PS/c1-5-26(2,3)25(39)46-11-10-42-45(41,34-13-16-6-8-17(9-7-16)28(29,30)31)43-14-19-22(38)27(4,40)24(44-19)36-15-33-21-18(37)12-20(32)35-23(21)36/h6-9,15,19,22,24,38,40H,5,10-14H2,1-4H3,(H2,32,35)(H,34,41)/t19-,22+,24-,27?,45?/m1/s1. The van der Waals surface area contributed by atoms with Gasteiger partial charge in [-0.2, -0.15) is 13.2 Å². The molecule has 0 bridgehead atoms. The number of halogens is 3. The minimum Gasteiger partial charge on any atom is -0.387 e. The van der Waals surface area contributed by atoms with E-state index < -0.39 is 55.5 Å². The molecule has 3 heterocycles. The summed E-state index contributed by atoms with van der Waals surface area (Å²) in [5, 5.41) is 24.7. The van der Waals surface area contributed by atoms with Gasteiger partial charge in [0.2, 0.25) is 0 Å². The Balaban J connectivity index is 1.47. The summed E-state index contributed by atoms with van der Waals surface area (Å²) in [6, 6.07) is 4.18. The fourth-order valence-electron chi connectivity index (χ4n) is 4.57. The molecule has 254 valence electrons. The number of thioether (sulfide) groups is 1. The topological polar surface area (TPSA) is 188 Å². The number of benzene rings is 1. The Morgan fingerprint density at radius 1 is 1.28 bits per heavy atom. The zero-order valence-corrected chi connectivity index (χ0v) is 27.3. The highest BCUT2D eigenvalue weighted by molar-refractivity contribution is 8.13. The van der Waals surface area contributed by atoms with Gasteiger partial charge in [0, 0.05) is 17.7 Å². The van der Waals surface area contributed by atoms with E-state index in [-0.39, 0.29) is 53.6 Å². The summed E-state index contributed by atoms with van der Waals surface area (Å²) in [5.41, 5.74) is 2.74. The summed E-state index contributed by atoms with van der Waals surface area (Å²) >= 11 is 0.996. The largest absolute Gasteiger partial charge is 0.416 e. The van der Waals surface area contributed by atoms with E-state index in [4.69, 9.17) is 19.5 Å². The molecule has 46 heavy (non-hydrogen) atoms. The average molecular weight is 692 g/mol. The van der Waals surface area contributed by atoms with Gasteiger partial charge in [-0.15, -0.1) is 0 Å². The van der Waals surface area contributed by atoms with Crippen LogP contribution in [0.15, 0.2) is 35.6 Å². The van der Waals surface area contributed by atoms with Gasteiger partial charge in [-0.1, -0.05) is 44.7 Å². The lowest BCUT2D eigenvalue weighted by Gasteiger charge is -2.28. The first-order chi connectivity index (χ1) is 21.4. The summed E-state index contributed by atoms with van der Waals surface area (Å²) in [6.45, 7) is 5.79. The number of ether oxygens (including phenoxy) is 1. The molecule has 2 aliphatic rings. The number of imidazole rings is 1. The van der Waals surface area contributed by atoms with E-state index in [0.29, 0.717) is 12.0 Å². The molecule has 5 N–H and O–H groups in total. The number of nitrogens with zero attached hydrogens (tertiary/aromatic N) is 3. The van der Waals surface area contributed by atoms with Crippen molar-refractivity contribution in [3.05, 3.63) is 47.4 Å². The fraction of sp³-hybridized carbons (Fsp3) is 0.571. The van der Waals surface area contributed by atoms with Crippen LogP contribution >= 0.6 is 19.5 Å². The van der Waals surface area contributed by atoms with Gasteiger partial charge in [-0.25, -0.2) is 19.6 Å². The third-order valence-electron chi connectivity index (χ3n) is 7.81. The van der Waals surface area contributed by atoms with Crippen LogP contribution in [-0.4, -0.2) is 73.3 Å². The highest BCUT2D eigenvalue weighted by Gasteiger charge is 2.54. The SMILES string of the molecule is CCC(C)(C)C(=O)SCCOP(=O)(NCc1ccc(C(F)(F)F)cc1)OC[C@H]1O[C@@H](n2cnc3c2N=C(N)CC3=O)C(C)(O)[C@H]1O. The number of amidine groups is 1. The van der Waals surface area contributed by atoms with Crippen molar-refractivity contribution in [2.24, 2.45) is 16.1 Å². The maximum absolute atomic E-state index is 13.8. The number of aliphatic imine (C=N–C) groups is 1. The summed E-state index contributed by atoms with van der Waals surface area (Å²) in [6.07, 6.45) is -6.99. The van der Waals surface area contributed by atoms with Crippen LogP contribution in [0.3, 0.4) is 0 Å². The van der Waals surface area contributed by atoms with Crippen molar-refractivity contribution in [2.45, 2.75) is 77.3 Å². The Morgan fingerprint density at radius 2 is 1.96 bits per heavy atom. The van der Waals surface area contributed by atoms with Crippen LogP contribution < -0.4 is 10.8 Å². The normalized spacial score (nSPS) is 24.8. The smallest absolute Gasteiger partial charge is 0.387 e. The van der Waals surface area contributed by atoms with Gasteiger partial charge >= 0.3 is 13.9 Å². The molecule has 1 aromatic carbocycles. The molecular weight excluding hydrogens is 654 g/mol. The van der Waals surface area contributed by atoms with Crippen molar-refractivity contribution in [3.8, 4) is 0 Å². The molecule has 0 saturated carbocycles. The molecule has 2 aliphatic heterocycles. The number of aromatic nitrogens is 2. The van der Waals surface area contributed by atoms with Crippen LogP contribution in [0.2, 0.25) is 0 Å². The number of rotatable bonds is 13. The lowest BCUT2D eigenvalue weighted by atomic mass is 9.92. The number of nitrogens with two attached hydrogens (primary N) is 1. The zero-order valence-electron chi connectivity index (χ0n) is 25.6. The van der Waals surface area contributed by atoms with Gasteiger partial charge in [0.25, 0.3) is 0 Å². The van der Waals surface area contributed by atoms with Crippen molar-refractivity contribution >= 4 is 42.1 Å². The first-order valence-electron chi connectivity index (χ1n) is 14.3. The number of carbonyl (C=O) groups excluding carboxylic acids is 2. The maximum Gasteiger partial charge on any atom is 0.416 e. The maximum atomic E-state index is 13.8. The number of aliphatic hydroxyl groups excluding tert-OH is 1. The van der Waals surface area contributed by atoms with Gasteiger partial charge in [0.15, 0.2) is 28.6 Å². The number of hydrogen-bond donors (Lipinski definition) is 4. The van der Waals surface area contributed by atoms with E-state index in [1.54, 1.807) is 13.8 Å². The lowest BCUT2D eigenvalue weighted by molar-refractivity contribution is -0.137. The van der Waals surface area contributed by atoms with Crippen LogP contribution in [0, 0.1) is 5.41 Å². The highest BCUT2D eigenvalue weighted by atomic mass is 32.2. The van der Waals surface area contributed by atoms with Crippen molar-refractivity contribution in [3.63, 3.8) is 0 Å². The van der Waals surface area contributed by atoms with Gasteiger partial charge in [0.1, 0.15) is 23.6 Å². The van der Waals surface area contributed by atoms with Gasteiger partial charge in [-0.3, -0.25) is 23.2 Å². The number of fused-ring (bicyclic) bond motifs is 1. The van der Waals surface area contributed by atoms with Crippen LogP contribution in [0.1, 0.15) is 68.4 Å². The third kappa shape index (κ3) is 8.08. The molecule has 0 amide bonds. The van der Waals surface area contributed by atoms with E-state index in [9.17, 15) is 37.5 Å². The minimum absolute atomic E-state index is 0.0202. The second kappa shape index (κ2) is 13.8. The number of nitrogens with one attached hydrogen (secondary N) is 1. The van der Waals surface area contributed by atoms with Crippen molar-refractivity contribution < 1.29 is 51.3 Å². The van der Waals surface area contributed by atoms with Crippen LogP contribution in [-0.2, 0) is 35.9 Å². The summed E-state index contributed by atoms with van der Waals surface area (Å²) in [4.78, 5) is 33.0. The Hall–Kier alpha value is -2.63. The van der Waals surface area contributed by atoms with Gasteiger partial charge in [0.05, 0.1) is 31.5 Å². The molecule has 5 atom stereocenters. The zero-order chi connectivity index (χ0) is 34.1. The van der Waals surface area contributed by atoms with E-state index in [0.717, 1.165) is 23.9 Å². The van der Waals surface area contributed by atoms with Gasteiger partial charge in [-0.05, 0) is 31.0 Å². The third-order valence-corrected chi connectivity index (χ3v) is 10.6. The Labute approximate surface area is 267 Å². The molecule has 13 nitrogen and oxygen atoms in total. The Kier molecular flexibility index (Phi) is 10.9. The first-order valence-corrected chi connectivity index (χ1v) is 16.9. The van der Waals surface area contributed by atoms with Crippen LogP contribution in [0.25, 0.3) is 0 Å². The fourth-order valence-corrected chi connectivity index (χ4v) is 6.89. The second-order valence-corrected chi connectivity index (χ2v) is 14.6. The van der Waals surface area contributed by atoms with Crippen molar-refractivity contribution in [1.82, 2.24) is 14.6 Å². The summed E-state index contributed by atoms with van der Waals surface area (Å²) in [5.74, 6) is -0.175. The van der Waals surface area contributed by atoms with E-state index in [1.807, 2.05) is 6.92 Å². The van der Waals surface area contributed by atoms with E-state index in [2.05, 4.69) is 15.1 Å². The number of Topliss-reactive ketones (excluding diaryl/α,β-unsaturated/α-hetero) is 1. The van der Waals surface area contributed by atoms with E-state index >= 15 is 0 Å². The molecule has 0 aliphatic carbocycles. The monoisotopic (exact) mass is 691 g/mol. The second-order valence-electron chi connectivity index (χ2n) is 11.8. The molecule has 1 aromatic heterocycles. The quantitative estimate of drug-likeness (QED) is 0.174. The van der Waals surface area contributed by atoms with Crippen LogP contribution in [0.5, 0.6) is 0 Å². The molecule has 2 aromatic rings. The van der Waals surface area contributed by atoms with Crippen molar-refractivity contribution in [1.29, 1.82) is 0 Å². The number of aliphatic hydroxyl groups is 2. The van der Waals surface area contributed by atoms with E-state index in [1.165, 1.54) is 30.0 Å². The highest BCUT2D eigenvalue weighted by Crippen LogP contribution is 2.47. The molecule has 1 saturated heterocycles. The minimum atomic E-state index is -4.53. The predicted octanol–water partition coefficient (Wildman–Crippen LogP) is 4.11. The lowest BCUT2D eigenvalue weighted by Crippen LogP contribution is -2.44. The molecule has 1 fully saturated rings. The molecular formula is C28H37F3N5O8PS. The summed E-state index contributed by atoms with van der Waals surface area (Å²) in [7, 11) is -4.24. The van der Waals surface area contributed by atoms with Crippen molar-refractivity contribution in [2.75, 3.05) is 19.0 Å². The molecule has 0 spiro atoms. The molecule has 0 radical (unpaired) electrons. The Morgan fingerprint density at radius 3 is 2.59 bits per heavy atom. The average Bonchev–Trinajstić information content (AvgIpc) is 3.50. The number of alkyl halides is 3. The number of ketones is 1. The first kappa shape index (κ1) is 36.2. The number of carbonyl (C=O) groups is 2.